The molecule has 1 N–H and O–H groups in total. The molecule has 0 aliphatic heterocycles. The van der Waals surface area contributed by atoms with Crippen molar-refractivity contribution in [2.75, 3.05) is 6.54 Å². The topological polar surface area (TPSA) is 14.0 Å². The summed E-state index contributed by atoms with van der Waals surface area (Å²) in [6.07, 6.45) is 4.54. The van der Waals surface area contributed by atoms with Crippen LogP contribution >= 0.6 is 0 Å². The molecule has 1 nitrogen and oxygen atoms in total. The van der Waals surface area contributed by atoms with E-state index < -0.39 is 0 Å². The van der Waals surface area contributed by atoms with E-state index in [1.165, 1.54) is 12.8 Å². The Labute approximate surface area is 45.5 Å². The van der Waals surface area contributed by atoms with Crippen molar-refractivity contribution in [1.82, 2.24) is 0 Å². The molecule has 0 bridgehead atoms. The Hall–Kier alpha value is -0.330. The minimum atomic E-state index is 1.06. The Morgan fingerprint density at radius 2 is 2.14 bits per heavy atom. The minimum absolute atomic E-state index is 1.06. The van der Waals surface area contributed by atoms with Crippen LogP contribution in [0.1, 0.15) is 26.7 Å². The lowest BCUT2D eigenvalue weighted by Gasteiger charge is -1.74. The van der Waals surface area contributed by atoms with E-state index in [4.69, 9.17) is 0 Å². The molecule has 0 saturated carbocycles. The Morgan fingerprint density at radius 1 is 1.43 bits per heavy atom. The van der Waals surface area contributed by atoms with E-state index in [2.05, 4.69) is 25.1 Å². The van der Waals surface area contributed by atoms with Gasteiger partial charge in [0.1, 0.15) is 12.8 Å². The van der Waals surface area contributed by atoms with Gasteiger partial charge in [0.2, 0.25) is 0 Å². The Kier molecular flexibility index (Phi) is 5.40. The molecule has 0 rings (SSSR count). The molecule has 0 unspecified atom stereocenters. The van der Waals surface area contributed by atoms with Gasteiger partial charge in [-0.2, -0.15) is 0 Å². The van der Waals surface area contributed by atoms with Crippen molar-refractivity contribution in [1.29, 1.82) is 0 Å². The van der Waals surface area contributed by atoms with Crippen LogP contribution in [0.15, 0.2) is 0 Å². The zero-order valence-corrected chi connectivity index (χ0v) is 5.20. The Balaban J connectivity index is 2.78. The van der Waals surface area contributed by atoms with Crippen LogP contribution in [0.2, 0.25) is 0 Å². The van der Waals surface area contributed by atoms with Crippen LogP contribution in [0, 0.1) is 0 Å². The van der Waals surface area contributed by atoms with Crippen molar-refractivity contribution in [3.05, 3.63) is 0 Å². The molecule has 42 valence electrons. The van der Waals surface area contributed by atoms with Gasteiger partial charge in [0, 0.05) is 6.42 Å². The quantitative estimate of drug-likeness (QED) is 0.478. The second-order valence-electron chi connectivity index (χ2n) is 1.55. The van der Waals surface area contributed by atoms with Crippen molar-refractivity contribution in [2.45, 2.75) is 26.7 Å². The lowest BCUT2D eigenvalue weighted by atomic mass is 10.4. The van der Waals surface area contributed by atoms with Crippen molar-refractivity contribution in [3.63, 3.8) is 0 Å². The highest BCUT2D eigenvalue weighted by Gasteiger charge is 1.74. The third-order valence-corrected chi connectivity index (χ3v) is 0.781. The van der Waals surface area contributed by atoms with Crippen molar-refractivity contribution in [3.8, 4) is 0 Å². The predicted molar refractivity (Wildman–Crippen MR) is 32.5 cm³/mol. The highest BCUT2D eigenvalue weighted by atomic mass is 14.7. The lowest BCUT2D eigenvalue weighted by molar-refractivity contribution is -0.448. The van der Waals surface area contributed by atoms with Gasteiger partial charge in [0.05, 0.1) is 0 Å². The van der Waals surface area contributed by atoms with E-state index in [9.17, 15) is 0 Å². The normalized spacial score (nSPS) is 10.6. The zero-order chi connectivity index (χ0) is 5.54. The maximum absolute atomic E-state index is 3.12. The summed E-state index contributed by atoms with van der Waals surface area (Å²) in [5.74, 6) is 0. The van der Waals surface area contributed by atoms with Crippen molar-refractivity contribution >= 4 is 6.21 Å². The highest BCUT2D eigenvalue weighted by Crippen LogP contribution is 1.73. The van der Waals surface area contributed by atoms with Gasteiger partial charge < -0.3 is 0 Å². The van der Waals surface area contributed by atoms with E-state index in [0.717, 1.165) is 6.54 Å². The van der Waals surface area contributed by atoms with Crippen LogP contribution in [-0.4, -0.2) is 12.8 Å². The molecule has 0 heterocycles. The third kappa shape index (κ3) is 5.67. The van der Waals surface area contributed by atoms with E-state index in [1.807, 2.05) is 0 Å². The molecule has 0 fully saturated rings. The van der Waals surface area contributed by atoms with Crippen LogP contribution in [0.3, 0.4) is 0 Å². The van der Waals surface area contributed by atoms with Crippen LogP contribution in [0.25, 0.3) is 0 Å². The molecule has 0 atom stereocenters. The molecule has 0 aliphatic rings. The fourth-order valence-electron chi connectivity index (χ4n) is 0.391. The summed E-state index contributed by atoms with van der Waals surface area (Å²) in [5.41, 5.74) is 0. The van der Waals surface area contributed by atoms with E-state index >= 15 is 0 Å². The molecule has 0 saturated heterocycles. The van der Waals surface area contributed by atoms with Gasteiger partial charge in [-0.1, -0.05) is 6.92 Å². The first kappa shape index (κ1) is 6.67. The second-order valence-corrected chi connectivity index (χ2v) is 1.55. The molecule has 0 radical (unpaired) electrons. The molecule has 0 aliphatic carbocycles. The fraction of sp³-hybridized carbons (Fsp3) is 0.833. The fourth-order valence-corrected chi connectivity index (χ4v) is 0.391. The van der Waals surface area contributed by atoms with Gasteiger partial charge in [-0.25, -0.2) is 0 Å². The van der Waals surface area contributed by atoms with Crippen LogP contribution in [-0.2, 0) is 0 Å². The molecular weight excluding hydrogens is 86.1 g/mol. The maximum Gasteiger partial charge on any atom is 0.137 e. The van der Waals surface area contributed by atoms with Crippen LogP contribution < -0.4 is 4.99 Å². The van der Waals surface area contributed by atoms with Crippen molar-refractivity contribution in [2.24, 2.45) is 0 Å². The lowest BCUT2D eigenvalue weighted by Crippen LogP contribution is -2.67. The Bertz CT molecular complexity index is 48.1. The summed E-state index contributed by atoms with van der Waals surface area (Å²) < 4.78 is 0. The summed E-state index contributed by atoms with van der Waals surface area (Å²) in [5, 5.41) is 0. The van der Waals surface area contributed by atoms with Crippen molar-refractivity contribution < 1.29 is 4.99 Å². The number of hydrogen-bond acceptors (Lipinski definition) is 0. The molecular formula is C6H14N+. The monoisotopic (exact) mass is 100 g/mol. The molecule has 1 heteroatoms. The number of rotatable bonds is 3. The first-order valence-electron chi connectivity index (χ1n) is 2.96. The van der Waals surface area contributed by atoms with Crippen LogP contribution in [0.5, 0.6) is 0 Å². The largest absolute Gasteiger partial charge is 0.252 e. The third-order valence-electron chi connectivity index (χ3n) is 0.781. The summed E-state index contributed by atoms with van der Waals surface area (Å²) >= 11 is 0. The summed E-state index contributed by atoms with van der Waals surface area (Å²) in [6.45, 7) is 5.33. The molecule has 0 amide bonds. The minimum Gasteiger partial charge on any atom is -0.252 e. The first-order chi connectivity index (χ1) is 3.41. The maximum atomic E-state index is 3.12. The SMILES string of the molecule is CCCC=[NH+]CC. The highest BCUT2D eigenvalue weighted by molar-refractivity contribution is 5.49. The zero-order valence-electron chi connectivity index (χ0n) is 5.20. The molecule has 0 aromatic carbocycles. The average molecular weight is 100 g/mol. The number of unbranched alkanes of at least 4 members (excludes halogenated alkanes) is 1. The number of hydrogen-bond donors (Lipinski definition) is 1. The molecule has 0 aromatic heterocycles. The Morgan fingerprint density at radius 3 is 2.57 bits per heavy atom. The average Bonchev–Trinajstić information content (AvgIpc) is 1.69. The smallest absolute Gasteiger partial charge is 0.137 e. The van der Waals surface area contributed by atoms with Gasteiger partial charge in [0.25, 0.3) is 0 Å². The summed E-state index contributed by atoms with van der Waals surface area (Å²) in [4.78, 5) is 3.12. The van der Waals surface area contributed by atoms with Gasteiger partial charge >= 0.3 is 0 Å². The first-order valence-corrected chi connectivity index (χ1v) is 2.96. The number of nitrogens with one attached hydrogen (secondary N) is 1. The second kappa shape index (κ2) is 5.67. The van der Waals surface area contributed by atoms with Crippen LogP contribution in [0.4, 0.5) is 0 Å². The standard InChI is InChI=1S/C6H13N/c1-3-5-6-7-4-2/h6H,3-5H2,1-2H3/p+1. The summed E-state index contributed by atoms with van der Waals surface area (Å²) in [6, 6.07) is 0. The predicted octanol–water partition coefficient (Wildman–Crippen LogP) is -0.0422. The molecule has 0 aromatic rings. The van der Waals surface area contributed by atoms with E-state index in [-0.39, 0.29) is 0 Å². The van der Waals surface area contributed by atoms with E-state index in [0.29, 0.717) is 0 Å². The van der Waals surface area contributed by atoms with Gasteiger partial charge in [-0.3, -0.25) is 4.99 Å². The van der Waals surface area contributed by atoms with Gasteiger partial charge in [-0.05, 0) is 13.3 Å². The molecule has 0 spiro atoms. The van der Waals surface area contributed by atoms with E-state index in [1.54, 1.807) is 0 Å². The van der Waals surface area contributed by atoms with Gasteiger partial charge in [-0.15, -0.1) is 0 Å². The molecule has 7 heavy (non-hydrogen) atoms. The summed E-state index contributed by atoms with van der Waals surface area (Å²) in [7, 11) is 0. The van der Waals surface area contributed by atoms with Gasteiger partial charge in [0.15, 0.2) is 0 Å².